The van der Waals surface area contributed by atoms with Gasteiger partial charge in [0.05, 0.1) is 12.9 Å². The third kappa shape index (κ3) is 3.69. The maximum atomic E-state index is 4.29. The summed E-state index contributed by atoms with van der Waals surface area (Å²) in [5.74, 6) is 1.05. The van der Waals surface area contributed by atoms with Crippen molar-refractivity contribution in [1.82, 2.24) is 29.6 Å². The van der Waals surface area contributed by atoms with E-state index in [0.29, 0.717) is 12.1 Å². The molecule has 114 valence electrons. The van der Waals surface area contributed by atoms with Gasteiger partial charge in [0.1, 0.15) is 12.2 Å². The monoisotopic (exact) mass is 288 g/mol. The third-order valence-electron chi connectivity index (χ3n) is 4.27. The highest BCUT2D eigenvalue weighted by atomic mass is 15.3. The molecule has 6 heteroatoms. The molecule has 0 bridgehead atoms. The molecule has 1 aliphatic rings. The highest BCUT2D eigenvalue weighted by molar-refractivity contribution is 4.91. The van der Waals surface area contributed by atoms with Crippen LogP contribution in [0.15, 0.2) is 25.0 Å². The van der Waals surface area contributed by atoms with Crippen molar-refractivity contribution in [3.8, 4) is 0 Å². The molecular weight excluding hydrogens is 264 g/mol. The van der Waals surface area contributed by atoms with Gasteiger partial charge in [-0.25, -0.2) is 4.98 Å². The zero-order chi connectivity index (χ0) is 14.5. The number of rotatable bonds is 6. The van der Waals surface area contributed by atoms with Crippen LogP contribution >= 0.6 is 0 Å². The molecule has 1 fully saturated rings. The van der Waals surface area contributed by atoms with Gasteiger partial charge in [-0.05, 0) is 19.8 Å². The summed E-state index contributed by atoms with van der Waals surface area (Å²) >= 11 is 0. The Morgan fingerprint density at radius 3 is 2.90 bits per heavy atom. The summed E-state index contributed by atoms with van der Waals surface area (Å²) in [4.78, 5) is 4.07. The molecule has 1 atom stereocenters. The Kier molecular flexibility index (Phi) is 4.65. The second kappa shape index (κ2) is 6.85. The highest BCUT2D eigenvalue weighted by Gasteiger charge is 2.18. The summed E-state index contributed by atoms with van der Waals surface area (Å²) in [6.07, 6.45) is 14.1. The zero-order valence-electron chi connectivity index (χ0n) is 12.6. The minimum Gasteiger partial charge on any atom is -0.336 e. The average Bonchev–Trinajstić information content (AvgIpc) is 3.17. The maximum absolute atomic E-state index is 4.29. The highest BCUT2D eigenvalue weighted by Crippen LogP contribution is 2.28. The summed E-state index contributed by atoms with van der Waals surface area (Å²) in [5, 5.41) is 11.9. The summed E-state index contributed by atoms with van der Waals surface area (Å²) in [6.45, 7) is 3.87. The molecule has 0 unspecified atom stereocenters. The molecule has 1 aliphatic carbocycles. The van der Waals surface area contributed by atoms with Crippen molar-refractivity contribution in [2.45, 2.75) is 64.2 Å². The van der Waals surface area contributed by atoms with E-state index in [2.05, 4.69) is 36.6 Å². The molecule has 2 aromatic heterocycles. The van der Waals surface area contributed by atoms with E-state index in [0.717, 1.165) is 18.9 Å². The fourth-order valence-corrected chi connectivity index (χ4v) is 3.10. The van der Waals surface area contributed by atoms with Gasteiger partial charge in [-0.1, -0.05) is 19.3 Å². The predicted octanol–water partition coefficient (Wildman–Crippen LogP) is 2.16. The van der Waals surface area contributed by atoms with Crippen LogP contribution < -0.4 is 5.32 Å². The summed E-state index contributed by atoms with van der Waals surface area (Å²) in [7, 11) is 0. The number of aromatic nitrogens is 5. The Hall–Kier alpha value is -1.69. The third-order valence-corrected chi connectivity index (χ3v) is 4.27. The first kappa shape index (κ1) is 14.3. The molecular formula is C15H24N6. The van der Waals surface area contributed by atoms with Crippen molar-refractivity contribution in [2.24, 2.45) is 0 Å². The average molecular weight is 288 g/mol. The van der Waals surface area contributed by atoms with Gasteiger partial charge < -0.3 is 14.5 Å². The molecule has 2 aromatic rings. The van der Waals surface area contributed by atoms with Crippen LogP contribution in [0, 0.1) is 0 Å². The Bertz CT molecular complexity index is 526. The van der Waals surface area contributed by atoms with Gasteiger partial charge in [0, 0.05) is 31.0 Å². The molecule has 0 radical (unpaired) electrons. The Labute approximate surface area is 125 Å². The SMILES string of the molecule is C[C@H](Cn1ccnc1)NCc1nncn1C1CCCCC1. The van der Waals surface area contributed by atoms with Crippen molar-refractivity contribution in [3.05, 3.63) is 30.9 Å². The first-order valence-electron chi connectivity index (χ1n) is 7.90. The van der Waals surface area contributed by atoms with Crippen LogP contribution in [-0.2, 0) is 13.1 Å². The number of nitrogens with zero attached hydrogens (tertiary/aromatic N) is 5. The topological polar surface area (TPSA) is 60.6 Å². The number of imidazole rings is 1. The van der Waals surface area contributed by atoms with Crippen LogP contribution in [0.4, 0.5) is 0 Å². The second-order valence-electron chi connectivity index (χ2n) is 5.99. The lowest BCUT2D eigenvalue weighted by Gasteiger charge is -2.24. The van der Waals surface area contributed by atoms with Crippen LogP contribution in [0.3, 0.4) is 0 Å². The molecule has 3 rings (SSSR count). The lowest BCUT2D eigenvalue weighted by molar-refractivity contribution is 0.340. The first-order chi connectivity index (χ1) is 10.3. The number of hydrogen-bond acceptors (Lipinski definition) is 4. The van der Waals surface area contributed by atoms with Crippen LogP contribution in [0.5, 0.6) is 0 Å². The molecule has 0 aromatic carbocycles. The first-order valence-corrected chi connectivity index (χ1v) is 7.90. The molecule has 1 saturated carbocycles. The Morgan fingerprint density at radius 2 is 2.14 bits per heavy atom. The van der Waals surface area contributed by atoms with E-state index in [9.17, 15) is 0 Å². The van der Waals surface area contributed by atoms with E-state index in [1.165, 1.54) is 32.1 Å². The van der Waals surface area contributed by atoms with Crippen molar-refractivity contribution < 1.29 is 0 Å². The Balaban J connectivity index is 1.54. The second-order valence-corrected chi connectivity index (χ2v) is 5.99. The van der Waals surface area contributed by atoms with Gasteiger partial charge in [-0.2, -0.15) is 0 Å². The Morgan fingerprint density at radius 1 is 1.29 bits per heavy atom. The minimum absolute atomic E-state index is 0.371. The lowest BCUT2D eigenvalue weighted by Crippen LogP contribution is -2.31. The number of hydrogen-bond donors (Lipinski definition) is 1. The van der Waals surface area contributed by atoms with Gasteiger partial charge in [0.2, 0.25) is 0 Å². The van der Waals surface area contributed by atoms with Gasteiger partial charge in [-0.15, -0.1) is 10.2 Å². The van der Waals surface area contributed by atoms with E-state index >= 15 is 0 Å². The van der Waals surface area contributed by atoms with Gasteiger partial charge in [0.15, 0.2) is 0 Å². The van der Waals surface area contributed by atoms with Crippen molar-refractivity contribution in [3.63, 3.8) is 0 Å². The van der Waals surface area contributed by atoms with Gasteiger partial charge in [0.25, 0.3) is 0 Å². The zero-order valence-corrected chi connectivity index (χ0v) is 12.6. The summed E-state index contributed by atoms with van der Waals surface area (Å²) in [6, 6.07) is 0.963. The molecule has 0 saturated heterocycles. The van der Waals surface area contributed by atoms with Crippen molar-refractivity contribution in [1.29, 1.82) is 0 Å². The standard InChI is InChI=1S/C15H24N6/c1-13(10-20-8-7-16-11-20)17-9-15-19-18-12-21(15)14-5-3-2-4-6-14/h7-8,11-14,17H,2-6,9-10H2,1H3/t13-/m1/s1. The molecule has 2 heterocycles. The van der Waals surface area contributed by atoms with Gasteiger partial charge in [-0.3, -0.25) is 0 Å². The smallest absolute Gasteiger partial charge is 0.147 e. The largest absolute Gasteiger partial charge is 0.336 e. The molecule has 21 heavy (non-hydrogen) atoms. The fourth-order valence-electron chi connectivity index (χ4n) is 3.10. The maximum Gasteiger partial charge on any atom is 0.147 e. The molecule has 0 spiro atoms. The van der Waals surface area contributed by atoms with Crippen LogP contribution in [0.1, 0.15) is 50.9 Å². The minimum atomic E-state index is 0.371. The van der Waals surface area contributed by atoms with Crippen LogP contribution in [0.2, 0.25) is 0 Å². The molecule has 1 N–H and O–H groups in total. The summed E-state index contributed by atoms with van der Waals surface area (Å²) in [5.41, 5.74) is 0. The molecule has 0 aliphatic heterocycles. The van der Waals surface area contributed by atoms with Crippen molar-refractivity contribution >= 4 is 0 Å². The molecule has 6 nitrogen and oxygen atoms in total. The predicted molar refractivity (Wildman–Crippen MR) is 80.7 cm³/mol. The number of nitrogens with one attached hydrogen (secondary N) is 1. The van der Waals surface area contributed by atoms with E-state index in [-0.39, 0.29) is 0 Å². The van der Waals surface area contributed by atoms with E-state index in [4.69, 9.17) is 0 Å². The van der Waals surface area contributed by atoms with E-state index in [1.807, 2.05) is 25.0 Å². The normalized spacial score (nSPS) is 18.0. The van der Waals surface area contributed by atoms with Crippen molar-refractivity contribution in [2.75, 3.05) is 0 Å². The molecule has 0 amide bonds. The quantitative estimate of drug-likeness (QED) is 0.885. The van der Waals surface area contributed by atoms with E-state index < -0.39 is 0 Å². The summed E-state index contributed by atoms with van der Waals surface area (Å²) < 4.78 is 4.36. The van der Waals surface area contributed by atoms with Gasteiger partial charge >= 0.3 is 0 Å². The van der Waals surface area contributed by atoms with E-state index in [1.54, 1.807) is 0 Å². The van der Waals surface area contributed by atoms with Crippen LogP contribution in [-0.4, -0.2) is 30.4 Å². The fraction of sp³-hybridized carbons (Fsp3) is 0.667. The van der Waals surface area contributed by atoms with Crippen LogP contribution in [0.25, 0.3) is 0 Å². The lowest BCUT2D eigenvalue weighted by atomic mass is 9.95.